The van der Waals surface area contributed by atoms with Crippen LogP contribution in [-0.2, 0) is 0 Å². The van der Waals surface area contributed by atoms with Gasteiger partial charge in [0, 0.05) is 18.5 Å². The summed E-state index contributed by atoms with van der Waals surface area (Å²) in [5, 5.41) is 3.41. The van der Waals surface area contributed by atoms with Crippen molar-refractivity contribution in [3.05, 3.63) is 54.2 Å². The van der Waals surface area contributed by atoms with Gasteiger partial charge in [-0.05, 0) is 24.6 Å². The van der Waals surface area contributed by atoms with Gasteiger partial charge in [0.05, 0.1) is 13.3 Å². The van der Waals surface area contributed by atoms with Gasteiger partial charge in [0.2, 0.25) is 5.88 Å². The zero-order chi connectivity index (χ0) is 14.5. The lowest BCUT2D eigenvalue weighted by atomic mass is 9.95. The second-order valence-electron chi connectivity index (χ2n) is 5.24. The highest BCUT2D eigenvalue weighted by Gasteiger charge is 2.28. The molecule has 1 N–H and O–H groups in total. The van der Waals surface area contributed by atoms with Gasteiger partial charge < -0.3 is 14.8 Å². The van der Waals surface area contributed by atoms with Gasteiger partial charge in [-0.15, -0.1) is 0 Å². The molecule has 4 heteroatoms. The lowest BCUT2D eigenvalue weighted by Crippen LogP contribution is -2.21. The summed E-state index contributed by atoms with van der Waals surface area (Å²) in [6.45, 7) is 2.04. The van der Waals surface area contributed by atoms with Crippen LogP contribution in [-0.4, -0.2) is 25.2 Å². The number of nitrogens with one attached hydrogen (secondary N) is 1. The molecule has 0 aliphatic carbocycles. The largest absolute Gasteiger partial charge is 0.484 e. The van der Waals surface area contributed by atoms with Gasteiger partial charge in [-0.2, -0.15) is 0 Å². The Hall–Kier alpha value is -2.07. The van der Waals surface area contributed by atoms with Crippen LogP contribution in [0, 0.1) is 5.92 Å². The highest BCUT2D eigenvalue weighted by molar-refractivity contribution is 5.26. The second kappa shape index (κ2) is 6.59. The predicted molar refractivity (Wildman–Crippen MR) is 81.6 cm³/mol. The minimum absolute atomic E-state index is 0.0522. The second-order valence-corrected chi connectivity index (χ2v) is 5.24. The van der Waals surface area contributed by atoms with Crippen molar-refractivity contribution in [2.24, 2.45) is 5.92 Å². The molecule has 1 aromatic heterocycles. The Balaban J connectivity index is 1.81. The molecule has 1 saturated heterocycles. The number of nitrogens with zero attached hydrogens (tertiary/aromatic N) is 1. The molecule has 2 heterocycles. The topological polar surface area (TPSA) is 43.4 Å². The number of hydrogen-bond donors (Lipinski definition) is 1. The van der Waals surface area contributed by atoms with Crippen molar-refractivity contribution in [1.29, 1.82) is 0 Å². The van der Waals surface area contributed by atoms with Crippen molar-refractivity contribution >= 4 is 0 Å². The summed E-state index contributed by atoms with van der Waals surface area (Å²) in [7, 11) is 1.61. The standard InChI is InChI=1S/C17H20N2O2/c1-20-16-8-7-15(12-19-16)21-17(14-9-10-18-11-14)13-5-3-2-4-6-13/h2-8,12,14,17-18H,9-11H2,1H3/t14-,17-/m1/s1. The smallest absolute Gasteiger partial charge is 0.213 e. The van der Waals surface area contributed by atoms with Crippen molar-refractivity contribution in [2.45, 2.75) is 12.5 Å². The van der Waals surface area contributed by atoms with Crippen LogP contribution in [0.2, 0.25) is 0 Å². The molecular weight excluding hydrogens is 264 g/mol. The molecule has 1 aliphatic heterocycles. The first-order valence-electron chi connectivity index (χ1n) is 7.29. The molecule has 0 spiro atoms. The number of methoxy groups -OCH3 is 1. The number of rotatable bonds is 5. The molecular formula is C17H20N2O2. The molecule has 0 unspecified atom stereocenters. The third-order valence-corrected chi connectivity index (χ3v) is 3.84. The van der Waals surface area contributed by atoms with E-state index < -0.39 is 0 Å². The third-order valence-electron chi connectivity index (χ3n) is 3.84. The Bertz CT molecular complexity index is 551. The first kappa shape index (κ1) is 13.9. The zero-order valence-electron chi connectivity index (χ0n) is 12.2. The SMILES string of the molecule is COc1ccc(O[C@H](c2ccccc2)[C@@H]2CCNC2)cn1. The quantitative estimate of drug-likeness (QED) is 0.917. The van der Waals surface area contributed by atoms with E-state index in [0.29, 0.717) is 11.8 Å². The van der Waals surface area contributed by atoms with E-state index in [2.05, 4.69) is 34.6 Å². The summed E-state index contributed by atoms with van der Waals surface area (Å²) < 4.78 is 11.3. The van der Waals surface area contributed by atoms with Gasteiger partial charge in [0.15, 0.2) is 0 Å². The van der Waals surface area contributed by atoms with E-state index in [1.165, 1.54) is 5.56 Å². The van der Waals surface area contributed by atoms with Crippen molar-refractivity contribution < 1.29 is 9.47 Å². The van der Waals surface area contributed by atoms with Crippen LogP contribution in [0.15, 0.2) is 48.7 Å². The van der Waals surface area contributed by atoms with Crippen LogP contribution in [0.3, 0.4) is 0 Å². The number of aromatic nitrogens is 1. The molecule has 0 saturated carbocycles. The highest BCUT2D eigenvalue weighted by Crippen LogP contribution is 2.32. The average molecular weight is 284 g/mol. The van der Waals surface area contributed by atoms with Crippen LogP contribution in [0.5, 0.6) is 11.6 Å². The van der Waals surface area contributed by atoms with Crippen LogP contribution < -0.4 is 14.8 Å². The van der Waals surface area contributed by atoms with Crippen LogP contribution in [0.1, 0.15) is 18.1 Å². The number of benzene rings is 1. The fourth-order valence-corrected chi connectivity index (χ4v) is 2.72. The molecule has 0 radical (unpaired) electrons. The van der Waals surface area contributed by atoms with E-state index in [1.54, 1.807) is 13.3 Å². The summed E-state index contributed by atoms with van der Waals surface area (Å²) in [6, 6.07) is 14.1. The first-order chi connectivity index (χ1) is 10.4. The van der Waals surface area contributed by atoms with Gasteiger partial charge in [-0.3, -0.25) is 0 Å². The Labute approximate surface area is 125 Å². The Kier molecular flexibility index (Phi) is 4.36. The molecule has 4 nitrogen and oxygen atoms in total. The number of pyridine rings is 1. The van der Waals surface area contributed by atoms with Crippen molar-refractivity contribution in [2.75, 3.05) is 20.2 Å². The minimum atomic E-state index is 0.0522. The summed E-state index contributed by atoms with van der Waals surface area (Å²) in [4.78, 5) is 4.21. The Morgan fingerprint density at radius 2 is 2.05 bits per heavy atom. The molecule has 3 rings (SSSR count). The van der Waals surface area contributed by atoms with E-state index >= 15 is 0 Å². The zero-order valence-corrected chi connectivity index (χ0v) is 12.2. The van der Waals surface area contributed by atoms with E-state index in [0.717, 1.165) is 25.3 Å². The summed E-state index contributed by atoms with van der Waals surface area (Å²) in [5.41, 5.74) is 1.21. The molecule has 1 fully saturated rings. The normalized spacial score (nSPS) is 19.2. The maximum atomic E-state index is 6.23. The van der Waals surface area contributed by atoms with Crippen LogP contribution in [0.4, 0.5) is 0 Å². The van der Waals surface area contributed by atoms with Crippen LogP contribution >= 0.6 is 0 Å². The van der Waals surface area contributed by atoms with E-state index in [-0.39, 0.29) is 6.10 Å². The minimum Gasteiger partial charge on any atom is -0.484 e. The Morgan fingerprint density at radius 1 is 1.19 bits per heavy atom. The molecule has 110 valence electrons. The lowest BCUT2D eigenvalue weighted by molar-refractivity contribution is 0.143. The van der Waals surface area contributed by atoms with Crippen molar-refractivity contribution in [1.82, 2.24) is 10.3 Å². The van der Waals surface area contributed by atoms with E-state index in [9.17, 15) is 0 Å². The number of ether oxygens (including phenoxy) is 2. The predicted octanol–water partition coefficient (Wildman–Crippen LogP) is 2.82. The van der Waals surface area contributed by atoms with Crippen LogP contribution in [0.25, 0.3) is 0 Å². The molecule has 1 aromatic carbocycles. The van der Waals surface area contributed by atoms with E-state index in [1.807, 2.05) is 18.2 Å². The van der Waals surface area contributed by atoms with Gasteiger partial charge >= 0.3 is 0 Å². The number of hydrogen-bond acceptors (Lipinski definition) is 4. The van der Waals surface area contributed by atoms with Crippen molar-refractivity contribution in [3.8, 4) is 11.6 Å². The maximum absolute atomic E-state index is 6.23. The third kappa shape index (κ3) is 3.34. The molecule has 0 bridgehead atoms. The lowest BCUT2D eigenvalue weighted by Gasteiger charge is -2.24. The average Bonchev–Trinajstić information content (AvgIpc) is 3.08. The first-order valence-corrected chi connectivity index (χ1v) is 7.29. The monoisotopic (exact) mass is 284 g/mol. The maximum Gasteiger partial charge on any atom is 0.213 e. The molecule has 1 aliphatic rings. The fraction of sp³-hybridized carbons (Fsp3) is 0.353. The molecule has 0 amide bonds. The van der Waals surface area contributed by atoms with Gasteiger partial charge in [-0.1, -0.05) is 30.3 Å². The van der Waals surface area contributed by atoms with E-state index in [4.69, 9.17) is 9.47 Å². The summed E-state index contributed by atoms with van der Waals surface area (Å²) in [6.07, 6.45) is 2.90. The highest BCUT2D eigenvalue weighted by atomic mass is 16.5. The summed E-state index contributed by atoms with van der Waals surface area (Å²) >= 11 is 0. The summed E-state index contributed by atoms with van der Waals surface area (Å²) in [5.74, 6) is 1.85. The fourth-order valence-electron chi connectivity index (χ4n) is 2.72. The van der Waals surface area contributed by atoms with Gasteiger partial charge in [-0.25, -0.2) is 4.98 Å². The molecule has 21 heavy (non-hydrogen) atoms. The Morgan fingerprint density at radius 3 is 2.67 bits per heavy atom. The van der Waals surface area contributed by atoms with Gasteiger partial charge in [0.1, 0.15) is 11.9 Å². The molecule has 2 atom stereocenters. The van der Waals surface area contributed by atoms with Gasteiger partial charge in [0.25, 0.3) is 0 Å². The van der Waals surface area contributed by atoms with Crippen molar-refractivity contribution in [3.63, 3.8) is 0 Å². The molecule has 2 aromatic rings.